The van der Waals surface area contributed by atoms with Crippen LogP contribution in [-0.4, -0.2) is 57.5 Å². The predicted molar refractivity (Wildman–Crippen MR) is 197 cm³/mol. The van der Waals surface area contributed by atoms with Gasteiger partial charge in [-0.2, -0.15) is 0 Å². The van der Waals surface area contributed by atoms with E-state index in [2.05, 4.69) is 0 Å². The molecule has 0 saturated carbocycles. The second kappa shape index (κ2) is 18.5. The zero-order valence-electron chi connectivity index (χ0n) is 29.8. The lowest BCUT2D eigenvalue weighted by molar-refractivity contribution is -0.275. The normalized spacial score (nSPS) is 19.9. The molecule has 0 bridgehead atoms. The molecule has 0 aliphatic carbocycles. The van der Waals surface area contributed by atoms with Crippen LogP contribution in [0.3, 0.4) is 0 Å². The fourth-order valence-corrected chi connectivity index (χ4v) is 6.46. The Labute approximate surface area is 305 Å². The highest BCUT2D eigenvalue weighted by Gasteiger charge is 2.51. The molecule has 0 radical (unpaired) electrons. The average molecular weight is 707 g/mol. The van der Waals surface area contributed by atoms with Crippen LogP contribution < -0.4 is 14.2 Å². The maximum Gasteiger partial charge on any atom is 0.203 e. The summed E-state index contributed by atoms with van der Waals surface area (Å²) in [7, 11) is 4.53. The molecular formula is C43H46O9. The van der Waals surface area contributed by atoms with Gasteiger partial charge in [0.2, 0.25) is 5.75 Å². The number of ether oxygens (including phenoxy) is 8. The van der Waals surface area contributed by atoms with Crippen molar-refractivity contribution in [1.82, 2.24) is 0 Å². The number of hydrogen-bond acceptors (Lipinski definition) is 9. The van der Waals surface area contributed by atoms with Gasteiger partial charge in [0.1, 0.15) is 36.3 Å². The number of benzene rings is 5. The van der Waals surface area contributed by atoms with Crippen molar-refractivity contribution in [2.75, 3.05) is 27.9 Å². The third-order valence-electron chi connectivity index (χ3n) is 9.01. The molecular weight excluding hydrogens is 660 g/mol. The van der Waals surface area contributed by atoms with Crippen LogP contribution in [-0.2, 0) is 50.1 Å². The maximum atomic E-state index is 11.7. The van der Waals surface area contributed by atoms with Crippen LogP contribution in [0.15, 0.2) is 127 Å². The summed E-state index contributed by atoms with van der Waals surface area (Å²) in [6.07, 6.45) is -3.72. The molecule has 1 aliphatic rings. The van der Waals surface area contributed by atoms with Gasteiger partial charge in [0, 0.05) is 6.07 Å². The second-order valence-electron chi connectivity index (χ2n) is 12.5. The molecule has 1 aliphatic heterocycles. The topological polar surface area (TPSA) is 94.1 Å². The van der Waals surface area contributed by atoms with Crippen molar-refractivity contribution in [2.45, 2.75) is 56.9 Å². The average Bonchev–Trinajstić information content (AvgIpc) is 3.20. The quantitative estimate of drug-likeness (QED) is 0.104. The van der Waals surface area contributed by atoms with E-state index in [1.54, 1.807) is 0 Å². The van der Waals surface area contributed by atoms with Gasteiger partial charge in [0.25, 0.3) is 0 Å². The van der Waals surface area contributed by atoms with Gasteiger partial charge in [-0.1, -0.05) is 121 Å². The number of aromatic hydroxyl groups is 1. The van der Waals surface area contributed by atoms with Gasteiger partial charge < -0.3 is 43.0 Å². The smallest absolute Gasteiger partial charge is 0.203 e. The van der Waals surface area contributed by atoms with E-state index in [0.717, 1.165) is 22.3 Å². The standard InChI is InChI=1S/C43H46O9/c1-45-35-24-34(44)37(40(47-3)38(35)46-2)41-43(51-28-33-22-14-7-15-23-33)42(50-27-32-20-12-6-13-21-32)39(49-26-31-18-10-5-11-19-31)36(52-41)29-48-25-30-16-8-4-9-17-30/h4-24,36,39,41-44H,25-29H2,1-3H3/t36-,39-,41+,42+,43-/m1/s1. The summed E-state index contributed by atoms with van der Waals surface area (Å²) in [5, 5.41) is 11.7. The fraction of sp³-hybridized carbons (Fsp3) is 0.302. The molecule has 272 valence electrons. The lowest BCUT2D eigenvalue weighted by Crippen LogP contribution is -2.58. The molecule has 1 fully saturated rings. The molecule has 5 aromatic rings. The van der Waals surface area contributed by atoms with Crippen LogP contribution in [0.1, 0.15) is 33.9 Å². The van der Waals surface area contributed by atoms with Crippen molar-refractivity contribution in [1.29, 1.82) is 0 Å². The summed E-state index contributed by atoms with van der Waals surface area (Å²) in [4.78, 5) is 0. The molecule has 1 heterocycles. The van der Waals surface area contributed by atoms with Crippen molar-refractivity contribution in [3.8, 4) is 23.0 Å². The van der Waals surface area contributed by atoms with Crippen molar-refractivity contribution in [3.05, 3.63) is 155 Å². The molecule has 0 unspecified atom stereocenters. The molecule has 0 spiro atoms. The first-order chi connectivity index (χ1) is 25.6. The predicted octanol–water partition coefficient (Wildman–Crippen LogP) is 7.83. The number of phenolic OH excluding ortho intramolecular Hbond substituents is 1. The molecule has 5 atom stereocenters. The van der Waals surface area contributed by atoms with Gasteiger partial charge in [-0.15, -0.1) is 0 Å². The van der Waals surface area contributed by atoms with E-state index in [1.165, 1.54) is 27.4 Å². The van der Waals surface area contributed by atoms with Crippen molar-refractivity contribution < 1.29 is 43.0 Å². The highest BCUT2D eigenvalue weighted by Crippen LogP contribution is 2.51. The number of phenols is 1. The van der Waals surface area contributed by atoms with E-state index in [-0.39, 0.29) is 31.3 Å². The molecule has 6 rings (SSSR count). The van der Waals surface area contributed by atoms with Gasteiger partial charge in [-0.25, -0.2) is 0 Å². The van der Waals surface area contributed by atoms with E-state index < -0.39 is 30.5 Å². The highest BCUT2D eigenvalue weighted by atomic mass is 16.6. The first-order valence-electron chi connectivity index (χ1n) is 17.3. The van der Waals surface area contributed by atoms with Crippen LogP contribution >= 0.6 is 0 Å². The third kappa shape index (κ3) is 9.11. The van der Waals surface area contributed by atoms with Crippen LogP contribution in [0.25, 0.3) is 0 Å². The van der Waals surface area contributed by atoms with Crippen LogP contribution in [0.2, 0.25) is 0 Å². The zero-order valence-corrected chi connectivity index (χ0v) is 29.8. The van der Waals surface area contributed by atoms with Crippen LogP contribution in [0.4, 0.5) is 0 Å². The van der Waals surface area contributed by atoms with Gasteiger partial charge in [0.05, 0.1) is 59.9 Å². The van der Waals surface area contributed by atoms with Crippen LogP contribution in [0, 0.1) is 0 Å². The lowest BCUT2D eigenvalue weighted by Gasteiger charge is -2.46. The van der Waals surface area contributed by atoms with Gasteiger partial charge >= 0.3 is 0 Å². The maximum absolute atomic E-state index is 11.7. The summed E-state index contributed by atoms with van der Waals surface area (Å²) < 4.78 is 51.0. The first kappa shape index (κ1) is 36.9. The Morgan fingerprint density at radius 2 is 0.962 bits per heavy atom. The van der Waals surface area contributed by atoms with E-state index in [1.807, 2.05) is 121 Å². The van der Waals surface area contributed by atoms with E-state index in [4.69, 9.17) is 37.9 Å². The summed E-state index contributed by atoms with van der Waals surface area (Å²) in [6.45, 7) is 1.36. The SMILES string of the molecule is COc1cc(O)c([C@@H]2O[C@H](COCc3ccccc3)[C@@H](OCc3ccccc3)[C@H](OCc3ccccc3)[C@@H]2OCc2ccccc2)c(OC)c1OC. The van der Waals surface area contributed by atoms with Gasteiger partial charge in [-0.05, 0) is 22.3 Å². The highest BCUT2D eigenvalue weighted by molar-refractivity contribution is 5.62. The van der Waals surface area contributed by atoms with E-state index in [9.17, 15) is 5.11 Å². The van der Waals surface area contributed by atoms with Gasteiger partial charge in [-0.3, -0.25) is 0 Å². The number of methoxy groups -OCH3 is 3. The molecule has 52 heavy (non-hydrogen) atoms. The molecule has 0 aromatic heterocycles. The Morgan fingerprint density at radius 3 is 1.42 bits per heavy atom. The molecule has 9 nitrogen and oxygen atoms in total. The second-order valence-corrected chi connectivity index (χ2v) is 12.5. The minimum atomic E-state index is -0.916. The summed E-state index contributed by atoms with van der Waals surface area (Å²) >= 11 is 0. The largest absolute Gasteiger partial charge is 0.507 e. The zero-order chi connectivity index (χ0) is 36.1. The first-order valence-corrected chi connectivity index (χ1v) is 17.3. The molecule has 9 heteroatoms. The molecule has 0 amide bonds. The summed E-state index contributed by atoms with van der Waals surface area (Å²) in [5.41, 5.74) is 4.30. The third-order valence-corrected chi connectivity index (χ3v) is 9.01. The van der Waals surface area contributed by atoms with Gasteiger partial charge in [0.15, 0.2) is 11.5 Å². The fourth-order valence-electron chi connectivity index (χ4n) is 6.46. The Hall–Kier alpha value is -4.90. The monoisotopic (exact) mass is 706 g/mol. The van der Waals surface area contributed by atoms with Crippen molar-refractivity contribution in [2.24, 2.45) is 0 Å². The molecule has 1 N–H and O–H groups in total. The Kier molecular flexibility index (Phi) is 13.2. The molecule has 5 aromatic carbocycles. The number of rotatable bonds is 17. The summed E-state index contributed by atoms with van der Waals surface area (Å²) in [5.74, 6) is 0.764. The minimum absolute atomic E-state index is 0.109. The lowest BCUT2D eigenvalue weighted by atomic mass is 9.89. The Balaban J connectivity index is 1.44. The van der Waals surface area contributed by atoms with E-state index >= 15 is 0 Å². The molecule has 1 saturated heterocycles. The van der Waals surface area contributed by atoms with E-state index in [0.29, 0.717) is 30.3 Å². The van der Waals surface area contributed by atoms with Crippen molar-refractivity contribution in [3.63, 3.8) is 0 Å². The van der Waals surface area contributed by atoms with Crippen molar-refractivity contribution >= 4 is 0 Å². The Bertz CT molecular complexity index is 1790. The van der Waals surface area contributed by atoms with Crippen LogP contribution in [0.5, 0.6) is 23.0 Å². The number of hydrogen-bond donors (Lipinski definition) is 1. The Morgan fingerprint density at radius 1 is 0.519 bits per heavy atom. The summed E-state index contributed by atoms with van der Waals surface area (Å²) in [6, 6.07) is 41.2. The minimum Gasteiger partial charge on any atom is -0.507 e.